The molecule has 0 aromatic carbocycles. The van der Waals surface area contributed by atoms with Crippen LogP contribution in [0.5, 0.6) is 0 Å². The Morgan fingerprint density at radius 2 is 2.09 bits per heavy atom. The summed E-state index contributed by atoms with van der Waals surface area (Å²) < 4.78 is 0. The average molecular weight is 159 g/mol. The second-order valence-corrected chi connectivity index (χ2v) is 2.90. The molecule has 66 valence electrons. The third-order valence-electron chi connectivity index (χ3n) is 1.72. The number of hydrogen-bond donors (Lipinski definition) is 2. The second-order valence-electron chi connectivity index (χ2n) is 2.90. The Bertz CT molecular complexity index is 125. The number of aliphatic hydroxyl groups is 1. The Kier molecular flexibility index (Phi) is 4.86. The summed E-state index contributed by atoms with van der Waals surface area (Å²) in [6.45, 7) is 5.62. The maximum absolute atomic E-state index is 11.1. The number of carbonyl (C=O) groups excluding carboxylic acids is 1. The predicted molar refractivity (Wildman–Crippen MR) is 44.1 cm³/mol. The summed E-state index contributed by atoms with van der Waals surface area (Å²) in [4.78, 5) is 11.1. The summed E-state index contributed by atoms with van der Waals surface area (Å²) >= 11 is 0. The van der Waals surface area contributed by atoms with Gasteiger partial charge in [-0.25, -0.2) is 0 Å². The van der Waals surface area contributed by atoms with Crippen molar-refractivity contribution in [2.45, 2.75) is 33.2 Å². The minimum Gasteiger partial charge on any atom is -0.394 e. The van der Waals surface area contributed by atoms with Gasteiger partial charge >= 0.3 is 0 Å². The minimum atomic E-state index is -0.128. The standard InChI is InChI=1S/C8H17NO2/c1-4-6(2)8(11)9-7(3)5-10/h6-7,10H,4-5H2,1-3H3,(H,9,11)/t6?,7-/m0/s1. The summed E-state index contributed by atoms with van der Waals surface area (Å²) in [6, 6.07) is -0.128. The van der Waals surface area contributed by atoms with Crippen LogP contribution < -0.4 is 5.32 Å². The molecule has 1 amide bonds. The summed E-state index contributed by atoms with van der Waals surface area (Å²) in [5.74, 6) is 0.0676. The van der Waals surface area contributed by atoms with E-state index in [0.717, 1.165) is 6.42 Å². The van der Waals surface area contributed by atoms with Crippen molar-refractivity contribution in [2.24, 2.45) is 5.92 Å². The van der Waals surface area contributed by atoms with E-state index in [1.807, 2.05) is 13.8 Å². The molecule has 0 bridgehead atoms. The maximum Gasteiger partial charge on any atom is 0.223 e. The van der Waals surface area contributed by atoms with Crippen LogP contribution in [0, 0.1) is 5.92 Å². The zero-order valence-electron chi connectivity index (χ0n) is 7.42. The third kappa shape index (κ3) is 3.98. The van der Waals surface area contributed by atoms with E-state index in [1.54, 1.807) is 6.92 Å². The molecule has 11 heavy (non-hydrogen) atoms. The first-order valence-electron chi connectivity index (χ1n) is 4.03. The third-order valence-corrected chi connectivity index (χ3v) is 1.72. The van der Waals surface area contributed by atoms with Crippen molar-refractivity contribution in [1.29, 1.82) is 0 Å². The molecule has 0 aromatic rings. The quantitative estimate of drug-likeness (QED) is 0.628. The van der Waals surface area contributed by atoms with Gasteiger partial charge in [-0.05, 0) is 13.3 Å². The van der Waals surface area contributed by atoms with Gasteiger partial charge in [0.25, 0.3) is 0 Å². The topological polar surface area (TPSA) is 49.3 Å². The van der Waals surface area contributed by atoms with Crippen LogP contribution in [-0.4, -0.2) is 23.7 Å². The van der Waals surface area contributed by atoms with Crippen molar-refractivity contribution >= 4 is 5.91 Å². The molecule has 1 unspecified atom stereocenters. The molecule has 2 N–H and O–H groups in total. The van der Waals surface area contributed by atoms with E-state index in [0.29, 0.717) is 0 Å². The fourth-order valence-electron chi connectivity index (χ4n) is 0.616. The van der Waals surface area contributed by atoms with Crippen LogP contribution in [0.3, 0.4) is 0 Å². The first-order chi connectivity index (χ1) is 5.11. The SMILES string of the molecule is CCC(C)C(=O)N[C@@H](C)CO. The van der Waals surface area contributed by atoms with Crippen LogP contribution in [0.25, 0.3) is 0 Å². The molecule has 0 saturated carbocycles. The molecule has 3 heteroatoms. The number of aliphatic hydroxyl groups excluding tert-OH is 1. The van der Waals surface area contributed by atoms with Gasteiger partial charge in [0.2, 0.25) is 5.91 Å². The van der Waals surface area contributed by atoms with Crippen molar-refractivity contribution in [3.05, 3.63) is 0 Å². The van der Waals surface area contributed by atoms with Crippen molar-refractivity contribution in [3.8, 4) is 0 Å². The molecule has 3 nitrogen and oxygen atoms in total. The molecule has 0 rings (SSSR count). The van der Waals surface area contributed by atoms with Gasteiger partial charge in [0, 0.05) is 12.0 Å². The van der Waals surface area contributed by atoms with E-state index in [2.05, 4.69) is 5.32 Å². The average Bonchev–Trinajstić information content (AvgIpc) is 2.02. The van der Waals surface area contributed by atoms with Crippen molar-refractivity contribution < 1.29 is 9.90 Å². The lowest BCUT2D eigenvalue weighted by Gasteiger charge is -2.13. The highest BCUT2D eigenvalue weighted by Crippen LogP contribution is 1.99. The van der Waals surface area contributed by atoms with Gasteiger partial charge in [0.1, 0.15) is 0 Å². The fraction of sp³-hybridized carbons (Fsp3) is 0.875. The van der Waals surface area contributed by atoms with Gasteiger partial charge in [-0.2, -0.15) is 0 Å². The Balaban J connectivity index is 3.68. The van der Waals surface area contributed by atoms with Gasteiger partial charge in [-0.15, -0.1) is 0 Å². The smallest absolute Gasteiger partial charge is 0.223 e. The lowest BCUT2D eigenvalue weighted by atomic mass is 10.1. The fourth-order valence-corrected chi connectivity index (χ4v) is 0.616. The summed E-state index contributed by atoms with van der Waals surface area (Å²) in [5, 5.41) is 11.3. The molecule has 0 aliphatic rings. The number of hydrogen-bond acceptors (Lipinski definition) is 2. The number of carbonyl (C=O) groups is 1. The highest BCUT2D eigenvalue weighted by molar-refractivity contribution is 5.78. The molecular weight excluding hydrogens is 142 g/mol. The van der Waals surface area contributed by atoms with E-state index in [1.165, 1.54) is 0 Å². The summed E-state index contributed by atoms with van der Waals surface area (Å²) in [6.07, 6.45) is 0.837. The zero-order valence-corrected chi connectivity index (χ0v) is 7.42. The van der Waals surface area contributed by atoms with Crippen LogP contribution in [-0.2, 0) is 4.79 Å². The molecule has 0 spiro atoms. The minimum absolute atomic E-state index is 0.00216. The van der Waals surface area contributed by atoms with Gasteiger partial charge in [0.05, 0.1) is 6.61 Å². The van der Waals surface area contributed by atoms with E-state index < -0.39 is 0 Å². The first-order valence-corrected chi connectivity index (χ1v) is 4.03. The van der Waals surface area contributed by atoms with E-state index in [-0.39, 0.29) is 24.5 Å². The Labute approximate surface area is 67.8 Å². The monoisotopic (exact) mass is 159 g/mol. The Morgan fingerprint density at radius 3 is 2.45 bits per heavy atom. The van der Waals surface area contributed by atoms with Crippen molar-refractivity contribution in [1.82, 2.24) is 5.32 Å². The lowest BCUT2D eigenvalue weighted by Crippen LogP contribution is -2.38. The van der Waals surface area contributed by atoms with Crippen molar-refractivity contribution in [3.63, 3.8) is 0 Å². The summed E-state index contributed by atoms with van der Waals surface area (Å²) in [7, 11) is 0. The number of rotatable bonds is 4. The molecule has 0 aromatic heterocycles. The second kappa shape index (κ2) is 5.13. The molecule has 2 atom stereocenters. The Morgan fingerprint density at radius 1 is 1.55 bits per heavy atom. The highest BCUT2D eigenvalue weighted by Gasteiger charge is 2.11. The number of nitrogens with one attached hydrogen (secondary N) is 1. The molecule has 0 aliphatic carbocycles. The van der Waals surface area contributed by atoms with Crippen molar-refractivity contribution in [2.75, 3.05) is 6.61 Å². The Hall–Kier alpha value is -0.570. The van der Waals surface area contributed by atoms with Gasteiger partial charge in [-0.1, -0.05) is 13.8 Å². The largest absolute Gasteiger partial charge is 0.394 e. The normalized spacial score (nSPS) is 15.6. The van der Waals surface area contributed by atoms with Crippen LogP contribution in [0.15, 0.2) is 0 Å². The molecule has 0 radical (unpaired) electrons. The zero-order chi connectivity index (χ0) is 8.85. The van der Waals surface area contributed by atoms with Crippen LogP contribution in [0.4, 0.5) is 0 Å². The molecule has 0 aliphatic heterocycles. The van der Waals surface area contributed by atoms with Crippen LogP contribution in [0.1, 0.15) is 27.2 Å². The molecule has 0 fully saturated rings. The number of amides is 1. The lowest BCUT2D eigenvalue weighted by molar-refractivity contribution is -0.125. The van der Waals surface area contributed by atoms with E-state index in [4.69, 9.17) is 5.11 Å². The summed E-state index contributed by atoms with van der Waals surface area (Å²) in [5.41, 5.74) is 0. The first kappa shape index (κ1) is 10.4. The van der Waals surface area contributed by atoms with Gasteiger partial charge in [0.15, 0.2) is 0 Å². The van der Waals surface area contributed by atoms with Gasteiger partial charge < -0.3 is 10.4 Å². The van der Waals surface area contributed by atoms with Gasteiger partial charge in [-0.3, -0.25) is 4.79 Å². The molecule has 0 saturated heterocycles. The van der Waals surface area contributed by atoms with E-state index >= 15 is 0 Å². The van der Waals surface area contributed by atoms with Crippen LogP contribution >= 0.6 is 0 Å². The predicted octanol–water partition coefficient (Wildman–Crippen LogP) is 0.529. The molecule has 0 heterocycles. The van der Waals surface area contributed by atoms with E-state index in [9.17, 15) is 4.79 Å². The van der Waals surface area contributed by atoms with Crippen LogP contribution in [0.2, 0.25) is 0 Å². The maximum atomic E-state index is 11.1. The highest BCUT2D eigenvalue weighted by atomic mass is 16.3. The molecular formula is C8H17NO2.